The lowest BCUT2D eigenvalue weighted by Gasteiger charge is -2.07. The van der Waals surface area contributed by atoms with Crippen molar-refractivity contribution >= 4 is 34.7 Å². The number of anilines is 1. The van der Waals surface area contributed by atoms with Crippen LogP contribution in [0.25, 0.3) is 10.9 Å². The monoisotopic (exact) mass is 537 g/mol. The topological polar surface area (TPSA) is 96.7 Å². The summed E-state index contributed by atoms with van der Waals surface area (Å²) in [5.74, 6) is -0.520. The van der Waals surface area contributed by atoms with Crippen LogP contribution in [0, 0.1) is 35.6 Å². The highest BCUT2D eigenvalue weighted by Crippen LogP contribution is 2.26. The van der Waals surface area contributed by atoms with Gasteiger partial charge in [-0.05, 0) is 54.8 Å². The highest BCUT2D eigenvalue weighted by molar-refractivity contribution is 5.93. The van der Waals surface area contributed by atoms with Crippen molar-refractivity contribution in [3.63, 3.8) is 0 Å². The number of hydrogen-bond acceptors (Lipinski definition) is 5. The zero-order chi connectivity index (χ0) is 26.4. The second kappa shape index (κ2) is 12.7. The van der Waals surface area contributed by atoms with E-state index in [1.165, 1.54) is 48.2 Å². The van der Waals surface area contributed by atoms with E-state index in [0.717, 1.165) is 33.4 Å². The molecule has 196 valence electrons. The fourth-order valence-corrected chi connectivity index (χ4v) is 3.78. The van der Waals surface area contributed by atoms with Crippen LogP contribution in [0.4, 0.5) is 20.2 Å². The lowest BCUT2D eigenvalue weighted by molar-refractivity contribution is -0.385. The van der Waals surface area contributed by atoms with E-state index < -0.39 is 4.92 Å². The molecule has 0 aliphatic rings. The van der Waals surface area contributed by atoms with Crippen LogP contribution in [-0.4, -0.2) is 19.9 Å². The standard InChI is InChI=1S/C16H16FN3.C12H9FN2O2.ClH/c1-10-11(2)20-16-14(10)8-18-9-15(16)19-7-12-3-5-13(17)6-4-12;13-10-3-1-9(2-4-10)7-11-8-12(15(16)17)5-6-14-11;/h3-6,8-9,19-20H,7H2,1-2H3;1-6,8H,7H2;1H. The first-order chi connectivity index (χ1) is 17.8. The van der Waals surface area contributed by atoms with E-state index in [0.29, 0.717) is 18.7 Å². The number of nitro groups is 1. The molecule has 0 saturated carbocycles. The van der Waals surface area contributed by atoms with Gasteiger partial charge in [0.1, 0.15) is 11.6 Å². The molecule has 5 rings (SSSR count). The summed E-state index contributed by atoms with van der Waals surface area (Å²) in [5, 5.41) is 15.1. The van der Waals surface area contributed by atoms with Crippen molar-refractivity contribution in [3.05, 3.63) is 129 Å². The van der Waals surface area contributed by atoms with Gasteiger partial charge in [0.15, 0.2) is 0 Å². The molecular weight excluding hydrogens is 512 g/mol. The van der Waals surface area contributed by atoms with Gasteiger partial charge in [-0.3, -0.25) is 20.1 Å². The molecule has 0 unspecified atom stereocenters. The Morgan fingerprint density at radius 1 is 0.947 bits per heavy atom. The van der Waals surface area contributed by atoms with Crippen LogP contribution in [0.15, 0.2) is 79.3 Å². The van der Waals surface area contributed by atoms with Gasteiger partial charge in [0.2, 0.25) is 0 Å². The van der Waals surface area contributed by atoms with E-state index in [9.17, 15) is 18.9 Å². The zero-order valence-corrected chi connectivity index (χ0v) is 21.6. The fraction of sp³-hybridized carbons (Fsp3) is 0.143. The minimum atomic E-state index is -0.462. The Morgan fingerprint density at radius 3 is 2.21 bits per heavy atom. The number of aromatic amines is 1. The summed E-state index contributed by atoms with van der Waals surface area (Å²) < 4.78 is 25.6. The van der Waals surface area contributed by atoms with Gasteiger partial charge in [0.25, 0.3) is 5.69 Å². The van der Waals surface area contributed by atoms with Crippen LogP contribution < -0.4 is 5.32 Å². The van der Waals surface area contributed by atoms with Gasteiger partial charge in [-0.2, -0.15) is 0 Å². The molecule has 5 aromatic rings. The predicted octanol–water partition coefficient (Wildman–Crippen LogP) is 7.07. The second-order valence-electron chi connectivity index (χ2n) is 8.53. The van der Waals surface area contributed by atoms with Gasteiger partial charge in [-0.25, -0.2) is 8.78 Å². The fourth-order valence-electron chi connectivity index (χ4n) is 3.78. The molecule has 0 saturated heterocycles. The van der Waals surface area contributed by atoms with Gasteiger partial charge in [0, 0.05) is 48.6 Å². The molecule has 0 atom stereocenters. The summed E-state index contributed by atoms with van der Waals surface area (Å²) in [5.41, 5.74) is 6.89. The molecule has 0 amide bonds. The smallest absolute Gasteiger partial charge is 0.272 e. The van der Waals surface area contributed by atoms with E-state index in [-0.39, 0.29) is 29.7 Å². The summed E-state index contributed by atoms with van der Waals surface area (Å²) in [4.78, 5) is 21.8. The SMILES string of the molecule is Cc1[nH]c2c(NCc3ccc(F)cc3)cncc2c1C.Cl.O=[N+]([O-])c1ccnc(Cc2ccc(F)cc2)c1. The van der Waals surface area contributed by atoms with E-state index in [1.807, 2.05) is 6.20 Å². The Bertz CT molecular complexity index is 1520. The van der Waals surface area contributed by atoms with E-state index in [2.05, 4.69) is 34.1 Å². The Kier molecular flexibility index (Phi) is 9.45. The number of nitrogens with one attached hydrogen (secondary N) is 2. The molecule has 10 heteroatoms. The first-order valence-corrected chi connectivity index (χ1v) is 11.5. The third-order valence-corrected chi connectivity index (χ3v) is 5.93. The highest BCUT2D eigenvalue weighted by Gasteiger charge is 2.09. The number of hydrogen-bond donors (Lipinski definition) is 2. The Labute approximate surface area is 224 Å². The molecule has 0 spiro atoms. The third kappa shape index (κ3) is 7.10. The second-order valence-corrected chi connectivity index (χ2v) is 8.53. The van der Waals surface area contributed by atoms with E-state index in [4.69, 9.17) is 0 Å². The zero-order valence-electron chi connectivity index (χ0n) is 20.7. The summed E-state index contributed by atoms with van der Waals surface area (Å²) >= 11 is 0. The molecule has 7 nitrogen and oxygen atoms in total. The van der Waals surface area contributed by atoms with Crippen LogP contribution in [0.2, 0.25) is 0 Å². The van der Waals surface area contributed by atoms with Crippen molar-refractivity contribution in [2.45, 2.75) is 26.8 Å². The Hall–Kier alpha value is -4.37. The average molecular weight is 538 g/mol. The van der Waals surface area contributed by atoms with E-state index >= 15 is 0 Å². The number of fused-ring (bicyclic) bond motifs is 1. The highest BCUT2D eigenvalue weighted by atomic mass is 35.5. The lowest BCUT2D eigenvalue weighted by Crippen LogP contribution is -2.00. The Morgan fingerprint density at radius 2 is 1.58 bits per heavy atom. The molecule has 38 heavy (non-hydrogen) atoms. The van der Waals surface area contributed by atoms with Crippen molar-refractivity contribution in [2.24, 2.45) is 0 Å². The molecule has 2 aromatic carbocycles. The van der Waals surface area contributed by atoms with Crippen molar-refractivity contribution in [1.82, 2.24) is 15.0 Å². The molecule has 0 fully saturated rings. The number of pyridine rings is 2. The normalized spacial score (nSPS) is 10.3. The van der Waals surface area contributed by atoms with Crippen LogP contribution in [0.5, 0.6) is 0 Å². The van der Waals surface area contributed by atoms with Gasteiger partial charge in [0.05, 0.1) is 28.0 Å². The predicted molar refractivity (Wildman–Crippen MR) is 147 cm³/mol. The van der Waals surface area contributed by atoms with E-state index in [1.54, 1.807) is 30.5 Å². The van der Waals surface area contributed by atoms with Gasteiger partial charge in [-0.1, -0.05) is 24.3 Å². The van der Waals surface area contributed by atoms with Crippen LogP contribution >= 0.6 is 12.4 Å². The number of aromatic nitrogens is 3. The summed E-state index contributed by atoms with van der Waals surface area (Å²) in [6.07, 6.45) is 5.53. The molecule has 3 heterocycles. The minimum absolute atomic E-state index is 0. The quantitative estimate of drug-likeness (QED) is 0.178. The maximum absolute atomic E-state index is 12.9. The first-order valence-electron chi connectivity index (χ1n) is 11.5. The lowest BCUT2D eigenvalue weighted by atomic mass is 10.1. The molecule has 0 radical (unpaired) electrons. The Balaban J connectivity index is 0.000000208. The first kappa shape index (κ1) is 28.2. The summed E-state index contributed by atoms with van der Waals surface area (Å²) in [7, 11) is 0. The number of halogens is 3. The summed E-state index contributed by atoms with van der Waals surface area (Å²) in [6.45, 7) is 4.77. The van der Waals surface area contributed by atoms with Crippen LogP contribution in [-0.2, 0) is 13.0 Å². The van der Waals surface area contributed by atoms with Crippen molar-refractivity contribution in [3.8, 4) is 0 Å². The molecule has 2 N–H and O–H groups in total. The van der Waals surface area contributed by atoms with Crippen LogP contribution in [0.1, 0.15) is 28.1 Å². The van der Waals surface area contributed by atoms with Crippen molar-refractivity contribution < 1.29 is 13.7 Å². The maximum Gasteiger partial charge on any atom is 0.272 e. The number of aryl methyl sites for hydroxylation is 2. The maximum atomic E-state index is 12.9. The van der Waals surface area contributed by atoms with Crippen molar-refractivity contribution in [2.75, 3.05) is 5.32 Å². The van der Waals surface area contributed by atoms with Gasteiger partial charge < -0.3 is 10.3 Å². The molecular formula is C28H26ClF2N5O2. The summed E-state index contributed by atoms with van der Waals surface area (Å²) in [6, 6.07) is 15.2. The number of benzene rings is 2. The molecule has 0 aliphatic heterocycles. The van der Waals surface area contributed by atoms with Gasteiger partial charge >= 0.3 is 0 Å². The van der Waals surface area contributed by atoms with Crippen molar-refractivity contribution in [1.29, 1.82) is 0 Å². The number of H-pyrrole nitrogens is 1. The molecule has 0 aliphatic carbocycles. The largest absolute Gasteiger partial charge is 0.378 e. The molecule has 0 bridgehead atoms. The van der Waals surface area contributed by atoms with Crippen LogP contribution in [0.3, 0.4) is 0 Å². The molecule has 3 aromatic heterocycles. The number of rotatable bonds is 6. The number of nitrogens with zero attached hydrogens (tertiary/aromatic N) is 3. The minimum Gasteiger partial charge on any atom is -0.378 e. The van der Waals surface area contributed by atoms with Gasteiger partial charge in [-0.15, -0.1) is 12.4 Å². The third-order valence-electron chi connectivity index (χ3n) is 5.93. The average Bonchev–Trinajstić information content (AvgIpc) is 3.19.